The van der Waals surface area contributed by atoms with Crippen LogP contribution >= 0.6 is 31.9 Å². The molecule has 0 heterocycles. The van der Waals surface area contributed by atoms with Crippen molar-refractivity contribution in [3.8, 4) is 11.1 Å². The summed E-state index contributed by atoms with van der Waals surface area (Å²) < 4.78 is 2.37. The first kappa shape index (κ1) is 9.74. The van der Waals surface area contributed by atoms with Crippen LogP contribution in [0.25, 0.3) is 11.1 Å². The average Bonchev–Trinajstić information content (AvgIpc) is 2.59. The molecule has 0 radical (unpaired) electrons. The summed E-state index contributed by atoms with van der Waals surface area (Å²) in [5.74, 6) is -0.833. The molecule has 4 heteroatoms. The van der Waals surface area contributed by atoms with Gasteiger partial charge in [-0.2, -0.15) is 0 Å². The Bertz CT molecular complexity index is 330. The van der Waals surface area contributed by atoms with Gasteiger partial charge in [0.15, 0.2) is 0 Å². The topological polar surface area (TPSA) is 37.3 Å². The Kier molecular flexibility index (Phi) is 2.90. The summed E-state index contributed by atoms with van der Waals surface area (Å²) in [6.07, 6.45) is 0. The summed E-state index contributed by atoms with van der Waals surface area (Å²) in [6.45, 7) is 1.08. The summed E-state index contributed by atoms with van der Waals surface area (Å²) in [5.41, 5.74) is 2.72. The summed E-state index contributed by atoms with van der Waals surface area (Å²) in [6, 6.07) is 4.26. The van der Waals surface area contributed by atoms with E-state index in [0.717, 1.165) is 6.92 Å². The minimum absolute atomic E-state index is 0.833. The number of hydrogen-bond acceptors (Lipinski definition) is 1. The molecule has 0 unspecified atom stereocenters. The van der Waals surface area contributed by atoms with E-state index in [1.165, 1.54) is 20.1 Å². The van der Waals surface area contributed by atoms with Crippen molar-refractivity contribution in [2.75, 3.05) is 0 Å². The maximum Gasteiger partial charge on any atom is 0.300 e. The van der Waals surface area contributed by atoms with E-state index in [1.807, 2.05) is 0 Å². The Morgan fingerprint density at radius 1 is 1.42 bits per heavy atom. The van der Waals surface area contributed by atoms with Crippen LogP contribution in [0.5, 0.6) is 0 Å². The number of fused-ring (bicyclic) bond motifs is 1. The maximum absolute atomic E-state index is 9.00. The van der Waals surface area contributed by atoms with E-state index in [1.54, 1.807) is 0 Å². The fourth-order valence-corrected chi connectivity index (χ4v) is 1.68. The molecule has 0 aliphatic heterocycles. The van der Waals surface area contributed by atoms with Crippen molar-refractivity contribution in [3.63, 3.8) is 0 Å². The Labute approximate surface area is 86.9 Å². The molecule has 12 heavy (non-hydrogen) atoms. The van der Waals surface area contributed by atoms with Crippen molar-refractivity contribution in [2.24, 2.45) is 0 Å². The van der Waals surface area contributed by atoms with Gasteiger partial charge in [0.25, 0.3) is 5.97 Å². The van der Waals surface area contributed by atoms with Gasteiger partial charge < -0.3 is 5.11 Å². The third-order valence-corrected chi connectivity index (χ3v) is 3.27. The van der Waals surface area contributed by atoms with Crippen molar-refractivity contribution in [1.82, 2.24) is 0 Å². The van der Waals surface area contributed by atoms with Crippen LogP contribution in [0.15, 0.2) is 21.1 Å². The van der Waals surface area contributed by atoms with Crippen molar-refractivity contribution in [2.45, 2.75) is 6.92 Å². The largest absolute Gasteiger partial charge is 0.481 e. The molecule has 0 saturated carbocycles. The molecule has 64 valence electrons. The number of aliphatic carboxylic acids is 1. The van der Waals surface area contributed by atoms with Crippen LogP contribution in [0.1, 0.15) is 6.92 Å². The second-order valence-electron chi connectivity index (χ2n) is 2.34. The molecule has 0 aromatic rings. The van der Waals surface area contributed by atoms with Crippen molar-refractivity contribution >= 4 is 37.8 Å². The lowest BCUT2D eigenvalue weighted by Gasteiger charge is -1.78. The highest BCUT2D eigenvalue weighted by Gasteiger charge is 2.18. The first-order chi connectivity index (χ1) is 5.52. The Balaban J connectivity index is 0.000000157. The summed E-state index contributed by atoms with van der Waals surface area (Å²) in [5, 5.41) is 7.42. The first-order valence-electron chi connectivity index (χ1n) is 3.21. The van der Waals surface area contributed by atoms with Gasteiger partial charge in [0.1, 0.15) is 0 Å². The number of halogens is 2. The fraction of sp³-hybridized carbons (Fsp3) is 0.125. The molecule has 0 aromatic heterocycles. The van der Waals surface area contributed by atoms with E-state index >= 15 is 0 Å². The van der Waals surface area contributed by atoms with Crippen molar-refractivity contribution < 1.29 is 9.90 Å². The molecule has 2 rings (SSSR count). The molecule has 1 N–H and O–H groups in total. The predicted molar refractivity (Wildman–Crippen MR) is 54.1 cm³/mol. The number of carboxylic acid groups (broad SMARTS) is 1. The van der Waals surface area contributed by atoms with Gasteiger partial charge in [-0.25, -0.2) is 0 Å². The van der Waals surface area contributed by atoms with Gasteiger partial charge >= 0.3 is 0 Å². The lowest BCUT2D eigenvalue weighted by atomic mass is 10.6. The van der Waals surface area contributed by atoms with E-state index in [4.69, 9.17) is 9.90 Å². The van der Waals surface area contributed by atoms with Crippen LogP contribution < -0.4 is 0 Å². The highest BCUT2D eigenvalue weighted by Crippen LogP contribution is 2.46. The second kappa shape index (κ2) is 3.58. The smallest absolute Gasteiger partial charge is 0.300 e. The molecule has 0 spiro atoms. The van der Waals surface area contributed by atoms with E-state index in [0.29, 0.717) is 0 Å². The molecule has 2 aliphatic rings. The minimum atomic E-state index is -0.833. The number of benzene rings is 1. The molecule has 0 aromatic carbocycles. The SMILES string of the molecule is Brc1cc2cc-2c1Br.CC(=O)O. The van der Waals surface area contributed by atoms with Gasteiger partial charge in [0.2, 0.25) is 0 Å². The Hall–Kier alpha value is -0.350. The van der Waals surface area contributed by atoms with E-state index in [9.17, 15) is 0 Å². The van der Waals surface area contributed by atoms with Crippen molar-refractivity contribution in [3.05, 3.63) is 21.1 Å². The van der Waals surface area contributed by atoms with Crippen LogP contribution in [-0.2, 0) is 4.79 Å². The van der Waals surface area contributed by atoms with Gasteiger partial charge in [-0.15, -0.1) is 0 Å². The van der Waals surface area contributed by atoms with Gasteiger partial charge in [0, 0.05) is 15.9 Å². The molecule has 0 fully saturated rings. The molecule has 0 bridgehead atoms. The molecule has 0 saturated heterocycles. The molecule has 0 amide bonds. The summed E-state index contributed by atoms with van der Waals surface area (Å²) in [4.78, 5) is 9.00. The molecular formula is C8H6Br2O2. The molecule has 2 aliphatic carbocycles. The lowest BCUT2D eigenvalue weighted by molar-refractivity contribution is -0.134. The third kappa shape index (κ3) is 2.32. The number of hydrogen-bond donors (Lipinski definition) is 1. The fourth-order valence-electron chi connectivity index (χ4n) is 0.757. The zero-order chi connectivity index (χ0) is 9.30. The third-order valence-electron chi connectivity index (χ3n) is 1.26. The highest BCUT2D eigenvalue weighted by atomic mass is 79.9. The first-order valence-corrected chi connectivity index (χ1v) is 4.80. The van der Waals surface area contributed by atoms with Gasteiger partial charge in [-0.3, -0.25) is 4.79 Å². The Morgan fingerprint density at radius 3 is 2.08 bits per heavy atom. The van der Waals surface area contributed by atoms with E-state index in [-0.39, 0.29) is 0 Å². The zero-order valence-corrected chi connectivity index (χ0v) is 9.44. The molecule has 2 nitrogen and oxygen atoms in total. The number of rotatable bonds is 0. The standard InChI is InChI=1S/C6H2Br2.C2H4O2/c7-5-2-3-1-4(3)6(5)8;1-2(3)4/h1-2H;1H3,(H,3,4). The van der Waals surface area contributed by atoms with Crippen LogP contribution in [-0.4, -0.2) is 11.1 Å². The number of carbonyl (C=O) groups is 1. The summed E-state index contributed by atoms with van der Waals surface area (Å²) in [7, 11) is 0. The number of carboxylic acids is 1. The van der Waals surface area contributed by atoms with Gasteiger partial charge in [-0.1, -0.05) is 0 Å². The van der Waals surface area contributed by atoms with Crippen molar-refractivity contribution in [1.29, 1.82) is 0 Å². The molecule has 0 atom stereocenters. The lowest BCUT2D eigenvalue weighted by Crippen LogP contribution is -1.78. The van der Waals surface area contributed by atoms with E-state index in [2.05, 4.69) is 44.0 Å². The normalized spacial score (nSPS) is 9.92. The second-order valence-corrected chi connectivity index (χ2v) is 3.99. The van der Waals surface area contributed by atoms with Crippen LogP contribution in [0.3, 0.4) is 0 Å². The highest BCUT2D eigenvalue weighted by molar-refractivity contribution is 9.13. The maximum atomic E-state index is 9.00. The molecular weight excluding hydrogens is 288 g/mol. The quantitative estimate of drug-likeness (QED) is 0.809. The van der Waals surface area contributed by atoms with Crippen LogP contribution in [0.2, 0.25) is 0 Å². The average molecular weight is 294 g/mol. The van der Waals surface area contributed by atoms with Crippen LogP contribution in [0, 0.1) is 0 Å². The minimum Gasteiger partial charge on any atom is -0.481 e. The predicted octanol–water partition coefficient (Wildman–Crippen LogP) is 3.28. The zero-order valence-electron chi connectivity index (χ0n) is 6.27. The van der Waals surface area contributed by atoms with E-state index < -0.39 is 5.97 Å². The van der Waals surface area contributed by atoms with Gasteiger partial charge in [-0.05, 0) is 55.1 Å². The Morgan fingerprint density at radius 2 is 1.92 bits per heavy atom. The monoisotopic (exact) mass is 292 g/mol. The summed E-state index contributed by atoms with van der Waals surface area (Å²) >= 11 is 6.81. The van der Waals surface area contributed by atoms with Gasteiger partial charge in [0.05, 0.1) is 0 Å². The van der Waals surface area contributed by atoms with Crippen LogP contribution in [0.4, 0.5) is 0 Å².